The zero-order valence-electron chi connectivity index (χ0n) is 18.7. The molecule has 0 aliphatic heterocycles. The topological polar surface area (TPSA) is 186 Å². The Morgan fingerprint density at radius 2 is 1.31 bits per heavy atom. The predicted molar refractivity (Wildman–Crippen MR) is 117 cm³/mol. The Kier molecular flexibility index (Phi) is 9.72. The van der Waals surface area contributed by atoms with Gasteiger partial charge in [0.25, 0.3) is 5.69 Å². The first kappa shape index (κ1) is 26.5. The molecule has 0 saturated heterocycles. The third kappa shape index (κ3) is 7.95. The van der Waals surface area contributed by atoms with Gasteiger partial charge >= 0.3 is 0 Å². The van der Waals surface area contributed by atoms with E-state index >= 15 is 0 Å². The molecule has 176 valence electrons. The molecular formula is C20H30N6O6. The average Bonchev–Trinajstić information content (AvgIpc) is 2.71. The molecule has 4 atom stereocenters. The number of amides is 4. The predicted octanol–water partition coefficient (Wildman–Crippen LogP) is 0.0307. The summed E-state index contributed by atoms with van der Waals surface area (Å²) < 4.78 is 0. The number of benzene rings is 1. The van der Waals surface area contributed by atoms with Gasteiger partial charge in [0.2, 0.25) is 23.6 Å². The van der Waals surface area contributed by atoms with E-state index in [1.165, 1.54) is 45.0 Å². The van der Waals surface area contributed by atoms with Crippen LogP contribution in [0.4, 0.5) is 11.4 Å². The van der Waals surface area contributed by atoms with Gasteiger partial charge in [0.15, 0.2) is 0 Å². The third-order valence-electron chi connectivity index (χ3n) is 4.51. The number of nitrogens with two attached hydrogens (primary N) is 1. The lowest BCUT2D eigenvalue weighted by molar-refractivity contribution is -0.384. The largest absolute Gasteiger partial charge is 0.343 e. The van der Waals surface area contributed by atoms with Crippen LogP contribution in [0.15, 0.2) is 24.3 Å². The second-order valence-electron chi connectivity index (χ2n) is 7.77. The van der Waals surface area contributed by atoms with Crippen LogP contribution >= 0.6 is 0 Å². The maximum absolute atomic E-state index is 12.7. The number of nitro groups is 1. The Morgan fingerprint density at radius 1 is 0.812 bits per heavy atom. The van der Waals surface area contributed by atoms with E-state index in [1.54, 1.807) is 13.8 Å². The van der Waals surface area contributed by atoms with Crippen molar-refractivity contribution in [2.45, 2.75) is 58.8 Å². The number of carbonyl (C=O) groups excluding carboxylic acids is 4. The van der Waals surface area contributed by atoms with Crippen molar-refractivity contribution >= 4 is 35.0 Å². The van der Waals surface area contributed by atoms with Gasteiger partial charge in [-0.1, -0.05) is 13.8 Å². The van der Waals surface area contributed by atoms with Gasteiger partial charge in [-0.2, -0.15) is 0 Å². The minimum absolute atomic E-state index is 0.119. The highest BCUT2D eigenvalue weighted by Crippen LogP contribution is 2.15. The van der Waals surface area contributed by atoms with E-state index in [0.29, 0.717) is 5.69 Å². The highest BCUT2D eigenvalue weighted by Gasteiger charge is 2.29. The monoisotopic (exact) mass is 450 g/mol. The fourth-order valence-corrected chi connectivity index (χ4v) is 2.51. The molecule has 0 spiro atoms. The molecule has 4 amide bonds. The molecular weight excluding hydrogens is 420 g/mol. The lowest BCUT2D eigenvalue weighted by Crippen LogP contribution is -2.57. The summed E-state index contributed by atoms with van der Waals surface area (Å²) in [5.41, 5.74) is 5.67. The molecule has 6 N–H and O–H groups in total. The normalized spacial score (nSPS) is 14.5. The Hall–Kier alpha value is -3.54. The van der Waals surface area contributed by atoms with Crippen molar-refractivity contribution in [3.05, 3.63) is 34.4 Å². The van der Waals surface area contributed by atoms with Gasteiger partial charge < -0.3 is 27.0 Å². The number of nitrogens with one attached hydrogen (secondary N) is 4. The van der Waals surface area contributed by atoms with Crippen LogP contribution in [-0.4, -0.2) is 52.7 Å². The molecule has 0 aliphatic carbocycles. The van der Waals surface area contributed by atoms with Crippen molar-refractivity contribution in [3.8, 4) is 0 Å². The molecule has 1 rings (SSSR count). The molecule has 0 radical (unpaired) electrons. The van der Waals surface area contributed by atoms with Gasteiger partial charge in [-0.3, -0.25) is 29.3 Å². The van der Waals surface area contributed by atoms with E-state index in [4.69, 9.17) is 5.73 Å². The summed E-state index contributed by atoms with van der Waals surface area (Å²) in [4.78, 5) is 59.2. The number of hydrogen-bond donors (Lipinski definition) is 5. The molecule has 32 heavy (non-hydrogen) atoms. The van der Waals surface area contributed by atoms with Gasteiger partial charge in [0.1, 0.15) is 18.1 Å². The van der Waals surface area contributed by atoms with Crippen molar-refractivity contribution in [2.24, 2.45) is 11.7 Å². The van der Waals surface area contributed by atoms with Crippen molar-refractivity contribution in [1.29, 1.82) is 0 Å². The number of carbonyl (C=O) groups is 4. The van der Waals surface area contributed by atoms with E-state index in [-0.39, 0.29) is 11.6 Å². The molecule has 0 saturated carbocycles. The standard InChI is InChI=1S/C20H30N6O6/c1-10(2)16(25-19(29)13(5)22-17(27)11(3)21)20(30)23-12(4)18(28)24-14-6-8-15(9-7-14)26(31)32/h6-13,16H,21H2,1-5H3,(H,22,27)(H,23,30)(H,24,28)(H,25,29)/t11-,12-,13+,16-/m0/s1. The van der Waals surface area contributed by atoms with Crippen molar-refractivity contribution in [1.82, 2.24) is 16.0 Å². The second kappa shape index (κ2) is 11.7. The van der Waals surface area contributed by atoms with Gasteiger partial charge in [0.05, 0.1) is 11.0 Å². The molecule has 0 aliphatic rings. The van der Waals surface area contributed by atoms with E-state index in [1.807, 2.05) is 0 Å². The van der Waals surface area contributed by atoms with Crippen LogP contribution in [0.25, 0.3) is 0 Å². The minimum atomic E-state index is -0.953. The molecule has 12 heteroatoms. The number of non-ortho nitro benzene ring substituents is 1. The molecule has 0 fully saturated rings. The highest BCUT2D eigenvalue weighted by atomic mass is 16.6. The Labute approximate surface area is 185 Å². The Bertz CT molecular complexity index is 855. The second-order valence-corrected chi connectivity index (χ2v) is 7.77. The lowest BCUT2D eigenvalue weighted by atomic mass is 10.0. The molecule has 0 aromatic heterocycles. The van der Waals surface area contributed by atoms with Crippen LogP contribution in [0, 0.1) is 16.0 Å². The van der Waals surface area contributed by atoms with Crippen molar-refractivity contribution < 1.29 is 24.1 Å². The summed E-state index contributed by atoms with van der Waals surface area (Å²) >= 11 is 0. The summed E-state index contributed by atoms with van der Waals surface area (Å²) in [5, 5.41) is 20.8. The van der Waals surface area contributed by atoms with E-state index in [2.05, 4.69) is 21.3 Å². The average molecular weight is 450 g/mol. The van der Waals surface area contributed by atoms with Gasteiger partial charge in [-0.25, -0.2) is 0 Å². The fourth-order valence-electron chi connectivity index (χ4n) is 2.51. The zero-order chi connectivity index (χ0) is 24.6. The van der Waals surface area contributed by atoms with Gasteiger partial charge in [0, 0.05) is 17.8 Å². The summed E-state index contributed by atoms with van der Waals surface area (Å²) in [5.74, 6) is -2.50. The molecule has 0 bridgehead atoms. The van der Waals surface area contributed by atoms with Crippen LogP contribution in [0.3, 0.4) is 0 Å². The van der Waals surface area contributed by atoms with Crippen LogP contribution in [-0.2, 0) is 19.2 Å². The number of nitrogens with zero attached hydrogens (tertiary/aromatic N) is 1. The smallest absolute Gasteiger partial charge is 0.269 e. The first-order valence-electron chi connectivity index (χ1n) is 10.1. The van der Waals surface area contributed by atoms with E-state index in [0.717, 1.165) is 0 Å². The first-order valence-corrected chi connectivity index (χ1v) is 10.1. The number of anilines is 1. The lowest BCUT2D eigenvalue weighted by Gasteiger charge is -2.25. The Morgan fingerprint density at radius 3 is 1.78 bits per heavy atom. The number of rotatable bonds is 10. The van der Waals surface area contributed by atoms with Crippen LogP contribution in [0.5, 0.6) is 0 Å². The SMILES string of the molecule is CC(C)[C@H](NC(=O)[C@@H](C)NC(=O)[C@H](C)N)C(=O)N[C@@H](C)C(=O)Nc1ccc([N+](=O)[O-])cc1. The zero-order valence-corrected chi connectivity index (χ0v) is 18.7. The molecule has 1 aromatic carbocycles. The van der Waals surface area contributed by atoms with Gasteiger partial charge in [-0.15, -0.1) is 0 Å². The quantitative estimate of drug-likeness (QED) is 0.246. The van der Waals surface area contributed by atoms with E-state index < -0.39 is 52.7 Å². The van der Waals surface area contributed by atoms with Gasteiger partial charge in [-0.05, 0) is 38.8 Å². The van der Waals surface area contributed by atoms with Crippen molar-refractivity contribution in [3.63, 3.8) is 0 Å². The third-order valence-corrected chi connectivity index (χ3v) is 4.51. The van der Waals surface area contributed by atoms with Crippen LogP contribution < -0.4 is 27.0 Å². The summed E-state index contributed by atoms with van der Waals surface area (Å²) in [6, 6.07) is 1.63. The Balaban J connectivity index is 2.71. The van der Waals surface area contributed by atoms with Crippen LogP contribution in [0.2, 0.25) is 0 Å². The molecule has 0 unspecified atom stereocenters. The summed E-state index contributed by atoms with van der Waals surface area (Å²) in [6.45, 7) is 7.84. The van der Waals surface area contributed by atoms with E-state index in [9.17, 15) is 29.3 Å². The van der Waals surface area contributed by atoms with Crippen molar-refractivity contribution in [2.75, 3.05) is 5.32 Å². The number of hydrogen-bond acceptors (Lipinski definition) is 7. The summed E-state index contributed by atoms with van der Waals surface area (Å²) in [7, 11) is 0. The molecule has 0 heterocycles. The fraction of sp³-hybridized carbons (Fsp3) is 0.500. The molecule has 12 nitrogen and oxygen atoms in total. The maximum Gasteiger partial charge on any atom is 0.269 e. The highest BCUT2D eigenvalue weighted by molar-refractivity contribution is 5.98. The maximum atomic E-state index is 12.7. The molecule has 1 aromatic rings. The summed E-state index contributed by atoms with van der Waals surface area (Å²) in [6.07, 6.45) is 0. The first-order chi connectivity index (χ1) is 14.8. The van der Waals surface area contributed by atoms with Crippen LogP contribution in [0.1, 0.15) is 34.6 Å². The number of nitro benzene ring substituents is 1. The minimum Gasteiger partial charge on any atom is -0.343 e.